The van der Waals surface area contributed by atoms with E-state index >= 15 is 0 Å². The number of piperidine rings is 1. The number of nitrogens with zero attached hydrogens (tertiary/aromatic N) is 1. The maximum Gasteiger partial charge on any atom is 0.270 e. The van der Waals surface area contributed by atoms with Crippen LogP contribution in [0.15, 0.2) is 35.1 Å². The maximum absolute atomic E-state index is 12.7. The third-order valence-corrected chi connectivity index (χ3v) is 5.43. The van der Waals surface area contributed by atoms with Crippen molar-refractivity contribution in [3.63, 3.8) is 0 Å². The number of hydrogen-bond donors (Lipinski definition) is 2. The van der Waals surface area contributed by atoms with Crippen molar-refractivity contribution in [1.82, 2.24) is 15.2 Å². The van der Waals surface area contributed by atoms with Crippen LogP contribution in [0.4, 0.5) is 0 Å². The van der Waals surface area contributed by atoms with Gasteiger partial charge >= 0.3 is 0 Å². The van der Waals surface area contributed by atoms with Crippen LogP contribution in [0.5, 0.6) is 0 Å². The molecule has 2 N–H and O–H groups in total. The summed E-state index contributed by atoms with van der Waals surface area (Å²) < 4.78 is 0. The van der Waals surface area contributed by atoms with Crippen LogP contribution in [0.2, 0.25) is 0 Å². The lowest BCUT2D eigenvalue weighted by Gasteiger charge is -2.38. The van der Waals surface area contributed by atoms with Crippen LogP contribution >= 0.6 is 12.4 Å². The first-order chi connectivity index (χ1) is 11.2. The van der Waals surface area contributed by atoms with Crippen LogP contribution < -0.4 is 10.9 Å². The molecule has 2 fully saturated rings. The number of nitrogens with one attached hydrogen (secondary N) is 2. The Bertz CT molecular complexity index is 801. The minimum absolute atomic E-state index is 0. The molecule has 0 radical (unpaired) electrons. The first-order valence-electron chi connectivity index (χ1n) is 8.29. The molecule has 128 valence electrons. The summed E-state index contributed by atoms with van der Waals surface area (Å²) in [6.45, 7) is 3.71. The number of carbonyl (C=O) groups excluding carboxylic acids is 1. The Balaban J connectivity index is 0.00000169. The molecule has 1 aromatic carbocycles. The number of carbonyl (C=O) groups is 1. The second kappa shape index (κ2) is 6.57. The van der Waals surface area contributed by atoms with Crippen molar-refractivity contribution in [2.75, 3.05) is 26.2 Å². The molecule has 6 heteroatoms. The van der Waals surface area contributed by atoms with E-state index in [1.54, 1.807) is 12.1 Å². The lowest BCUT2D eigenvalue weighted by Crippen LogP contribution is -2.44. The third kappa shape index (κ3) is 2.94. The van der Waals surface area contributed by atoms with Crippen molar-refractivity contribution in [3.8, 4) is 0 Å². The Hall–Kier alpha value is -1.85. The summed E-state index contributed by atoms with van der Waals surface area (Å²) in [5.74, 6) is -0.0614. The molecule has 1 spiro atoms. The van der Waals surface area contributed by atoms with E-state index in [9.17, 15) is 9.59 Å². The van der Waals surface area contributed by atoms with Gasteiger partial charge in [0, 0.05) is 25.0 Å². The van der Waals surface area contributed by atoms with Gasteiger partial charge in [0.05, 0.1) is 0 Å². The summed E-state index contributed by atoms with van der Waals surface area (Å²) in [4.78, 5) is 29.5. The number of amides is 1. The van der Waals surface area contributed by atoms with E-state index in [-0.39, 0.29) is 23.9 Å². The molecular weight excluding hydrogens is 326 g/mol. The van der Waals surface area contributed by atoms with Crippen LogP contribution in [0.3, 0.4) is 0 Å². The number of halogens is 1. The van der Waals surface area contributed by atoms with Gasteiger partial charge in [-0.05, 0) is 48.7 Å². The molecule has 0 atom stereocenters. The maximum atomic E-state index is 12.7. The van der Waals surface area contributed by atoms with E-state index < -0.39 is 0 Å². The largest absolute Gasteiger partial charge is 0.337 e. The SMILES string of the molecule is Cl.O=C(c1cc2ccccc2c(=O)[nH]1)N1CCC2(CCNC2)CC1. The van der Waals surface area contributed by atoms with Crippen molar-refractivity contribution in [2.45, 2.75) is 19.3 Å². The third-order valence-electron chi connectivity index (χ3n) is 5.43. The molecule has 2 aliphatic heterocycles. The van der Waals surface area contributed by atoms with E-state index in [1.807, 2.05) is 23.1 Å². The van der Waals surface area contributed by atoms with Crippen LogP contribution in [0.25, 0.3) is 10.8 Å². The molecule has 0 bridgehead atoms. The normalized spacial score (nSPS) is 19.4. The summed E-state index contributed by atoms with van der Waals surface area (Å²) in [6, 6.07) is 9.16. The molecule has 3 heterocycles. The number of pyridine rings is 1. The standard InChI is InChI=1S/C18H21N3O2.ClH/c22-16-14-4-2-1-3-13(14)11-15(20-16)17(23)21-9-6-18(7-10-21)5-8-19-12-18;/h1-4,11,19H,5-10,12H2,(H,20,22);1H. The Labute approximate surface area is 146 Å². The van der Waals surface area contributed by atoms with E-state index in [0.717, 1.165) is 44.4 Å². The molecule has 0 aliphatic carbocycles. The lowest BCUT2D eigenvalue weighted by atomic mass is 9.78. The van der Waals surface area contributed by atoms with Crippen LogP contribution in [0.1, 0.15) is 29.8 Å². The van der Waals surface area contributed by atoms with Gasteiger partial charge in [-0.15, -0.1) is 12.4 Å². The van der Waals surface area contributed by atoms with Crippen molar-refractivity contribution >= 4 is 29.1 Å². The van der Waals surface area contributed by atoms with E-state index in [1.165, 1.54) is 6.42 Å². The fraction of sp³-hybridized carbons (Fsp3) is 0.444. The highest BCUT2D eigenvalue weighted by Crippen LogP contribution is 2.37. The van der Waals surface area contributed by atoms with Crippen LogP contribution in [0, 0.1) is 5.41 Å². The van der Waals surface area contributed by atoms with Crippen molar-refractivity contribution < 1.29 is 4.79 Å². The molecule has 1 aromatic heterocycles. The Morgan fingerprint density at radius 2 is 1.88 bits per heavy atom. The van der Waals surface area contributed by atoms with Crippen molar-refractivity contribution in [1.29, 1.82) is 0 Å². The molecule has 4 rings (SSSR count). The fourth-order valence-corrected chi connectivity index (χ4v) is 3.90. The number of rotatable bonds is 1. The van der Waals surface area contributed by atoms with Gasteiger partial charge < -0.3 is 15.2 Å². The quantitative estimate of drug-likeness (QED) is 0.831. The van der Waals surface area contributed by atoms with Gasteiger partial charge in [0.1, 0.15) is 5.69 Å². The minimum atomic E-state index is -0.195. The Morgan fingerprint density at radius 3 is 2.58 bits per heavy atom. The molecule has 1 amide bonds. The average molecular weight is 348 g/mol. The predicted octanol–water partition coefficient (Wildman–Crippen LogP) is 2.17. The smallest absolute Gasteiger partial charge is 0.270 e. The second-order valence-electron chi connectivity index (χ2n) is 6.82. The highest BCUT2D eigenvalue weighted by molar-refractivity contribution is 5.96. The summed E-state index contributed by atoms with van der Waals surface area (Å²) in [5, 5.41) is 4.87. The molecule has 5 nitrogen and oxygen atoms in total. The van der Waals surface area contributed by atoms with Gasteiger partial charge in [-0.1, -0.05) is 18.2 Å². The monoisotopic (exact) mass is 347 g/mol. The second-order valence-corrected chi connectivity index (χ2v) is 6.82. The average Bonchev–Trinajstić information content (AvgIpc) is 3.03. The number of likely N-dealkylation sites (tertiary alicyclic amines) is 1. The molecule has 0 saturated carbocycles. The van der Waals surface area contributed by atoms with Gasteiger partial charge in [-0.25, -0.2) is 0 Å². The van der Waals surface area contributed by atoms with Gasteiger partial charge in [0.25, 0.3) is 11.5 Å². The zero-order chi connectivity index (χ0) is 15.9. The number of fused-ring (bicyclic) bond motifs is 1. The lowest BCUT2D eigenvalue weighted by molar-refractivity contribution is 0.0602. The highest BCUT2D eigenvalue weighted by atomic mass is 35.5. The summed E-state index contributed by atoms with van der Waals surface area (Å²) >= 11 is 0. The number of hydrogen-bond acceptors (Lipinski definition) is 3. The number of aromatic amines is 1. The first-order valence-corrected chi connectivity index (χ1v) is 8.29. The zero-order valence-corrected chi connectivity index (χ0v) is 14.3. The first kappa shape index (κ1) is 17.0. The molecule has 2 aromatic rings. The number of benzene rings is 1. The van der Waals surface area contributed by atoms with Gasteiger partial charge in [-0.3, -0.25) is 9.59 Å². The zero-order valence-electron chi connectivity index (χ0n) is 13.5. The number of H-pyrrole nitrogens is 1. The number of aromatic nitrogens is 1. The van der Waals surface area contributed by atoms with Crippen LogP contribution in [-0.4, -0.2) is 42.0 Å². The van der Waals surface area contributed by atoms with E-state index in [4.69, 9.17) is 0 Å². The minimum Gasteiger partial charge on any atom is -0.337 e. The Morgan fingerprint density at radius 1 is 1.12 bits per heavy atom. The van der Waals surface area contributed by atoms with E-state index in [0.29, 0.717) is 16.5 Å². The molecule has 0 unspecified atom stereocenters. The summed E-state index contributed by atoms with van der Waals surface area (Å²) in [7, 11) is 0. The van der Waals surface area contributed by atoms with Gasteiger partial charge in [0.15, 0.2) is 0 Å². The van der Waals surface area contributed by atoms with E-state index in [2.05, 4.69) is 10.3 Å². The molecule has 24 heavy (non-hydrogen) atoms. The molecular formula is C18H22ClN3O2. The Kier molecular flexibility index (Phi) is 4.65. The fourth-order valence-electron chi connectivity index (χ4n) is 3.90. The highest BCUT2D eigenvalue weighted by Gasteiger charge is 2.38. The molecule has 2 aliphatic rings. The predicted molar refractivity (Wildman–Crippen MR) is 96.9 cm³/mol. The van der Waals surface area contributed by atoms with Gasteiger partial charge in [0.2, 0.25) is 0 Å². The van der Waals surface area contributed by atoms with Gasteiger partial charge in [-0.2, -0.15) is 0 Å². The summed E-state index contributed by atoms with van der Waals surface area (Å²) in [5.41, 5.74) is 0.585. The summed E-state index contributed by atoms with van der Waals surface area (Å²) in [6.07, 6.45) is 3.30. The van der Waals surface area contributed by atoms with Crippen LogP contribution in [-0.2, 0) is 0 Å². The van der Waals surface area contributed by atoms with Crippen molar-refractivity contribution in [3.05, 3.63) is 46.4 Å². The van der Waals surface area contributed by atoms with Crippen molar-refractivity contribution in [2.24, 2.45) is 5.41 Å². The topological polar surface area (TPSA) is 65.2 Å². The molecule has 2 saturated heterocycles.